The molecule has 1 amide bonds. The van der Waals surface area contributed by atoms with Gasteiger partial charge < -0.3 is 10.7 Å². The largest absolute Gasteiger partial charge is 0.339 e. The van der Waals surface area contributed by atoms with Crippen LogP contribution in [-0.2, 0) is 4.79 Å². The molecule has 1 aliphatic rings. The van der Waals surface area contributed by atoms with Crippen molar-refractivity contribution in [2.45, 2.75) is 50.7 Å². The fourth-order valence-electron chi connectivity index (χ4n) is 2.41. The van der Waals surface area contributed by atoms with E-state index < -0.39 is 0 Å². The van der Waals surface area contributed by atoms with Gasteiger partial charge in [-0.1, -0.05) is 18.7 Å². The van der Waals surface area contributed by atoms with Crippen LogP contribution < -0.4 is 5.84 Å². The van der Waals surface area contributed by atoms with Gasteiger partial charge in [-0.2, -0.15) is 0 Å². The van der Waals surface area contributed by atoms with Crippen LogP contribution in [0, 0.1) is 6.92 Å². The number of nitrogen functional groups attached to an aromatic ring is 1. The van der Waals surface area contributed by atoms with Crippen LogP contribution in [0.3, 0.4) is 0 Å². The maximum Gasteiger partial charge on any atom is 0.233 e. The Morgan fingerprint density at radius 1 is 1.47 bits per heavy atom. The Kier molecular flexibility index (Phi) is 4.68. The van der Waals surface area contributed by atoms with Gasteiger partial charge in [-0.15, -0.1) is 10.2 Å². The van der Waals surface area contributed by atoms with Gasteiger partial charge >= 0.3 is 0 Å². The molecule has 1 aromatic rings. The molecule has 0 saturated carbocycles. The fourth-order valence-corrected chi connectivity index (χ4v) is 3.20. The molecule has 0 aromatic carbocycles. The molecular formula is C12H21N5OS. The Hall–Kier alpha value is -1.24. The highest BCUT2D eigenvalue weighted by atomic mass is 32.2. The summed E-state index contributed by atoms with van der Waals surface area (Å²) in [4.78, 5) is 14.3. The molecule has 2 rings (SSSR count). The zero-order chi connectivity index (χ0) is 13.8. The van der Waals surface area contributed by atoms with Crippen LogP contribution in [0.5, 0.6) is 0 Å². The molecule has 0 bridgehead atoms. The summed E-state index contributed by atoms with van der Waals surface area (Å²) in [6, 6.07) is 0.402. The van der Waals surface area contributed by atoms with Crippen LogP contribution in [0.4, 0.5) is 0 Å². The van der Waals surface area contributed by atoms with E-state index in [0.29, 0.717) is 22.8 Å². The molecule has 0 radical (unpaired) electrons. The summed E-state index contributed by atoms with van der Waals surface area (Å²) in [6.45, 7) is 4.81. The van der Waals surface area contributed by atoms with Crippen molar-refractivity contribution < 1.29 is 4.79 Å². The first-order valence-electron chi connectivity index (χ1n) is 6.72. The lowest BCUT2D eigenvalue weighted by Gasteiger charge is -2.35. The SMILES string of the molecule is CC[C@H]1CCCCN1C(=O)CSc1nnc(C)n1N. The summed E-state index contributed by atoms with van der Waals surface area (Å²) >= 11 is 1.36. The number of amides is 1. The Bertz CT molecular complexity index is 447. The predicted octanol–water partition coefficient (Wildman–Crippen LogP) is 1.18. The molecule has 0 unspecified atom stereocenters. The second-order valence-electron chi connectivity index (χ2n) is 4.83. The van der Waals surface area contributed by atoms with Gasteiger partial charge in [0.05, 0.1) is 5.75 Å². The minimum atomic E-state index is 0.178. The number of aromatic nitrogens is 3. The Balaban J connectivity index is 1.91. The third-order valence-corrected chi connectivity index (χ3v) is 4.51. The van der Waals surface area contributed by atoms with Crippen LogP contribution >= 0.6 is 11.8 Å². The number of rotatable bonds is 4. The Morgan fingerprint density at radius 3 is 2.89 bits per heavy atom. The van der Waals surface area contributed by atoms with E-state index in [1.54, 1.807) is 6.92 Å². The van der Waals surface area contributed by atoms with Crippen LogP contribution in [0.1, 0.15) is 38.4 Å². The molecular weight excluding hydrogens is 262 g/mol. The topological polar surface area (TPSA) is 77.0 Å². The average Bonchev–Trinajstić information content (AvgIpc) is 2.76. The third-order valence-electron chi connectivity index (χ3n) is 3.58. The number of hydrogen-bond donors (Lipinski definition) is 1. The van der Waals surface area contributed by atoms with Crippen molar-refractivity contribution in [3.8, 4) is 0 Å². The Morgan fingerprint density at radius 2 is 2.26 bits per heavy atom. The quantitative estimate of drug-likeness (QED) is 0.663. The number of thioether (sulfide) groups is 1. The number of aryl methyl sites for hydroxylation is 1. The summed E-state index contributed by atoms with van der Waals surface area (Å²) < 4.78 is 1.42. The number of nitrogens with zero attached hydrogens (tertiary/aromatic N) is 4. The normalized spacial score (nSPS) is 19.7. The highest BCUT2D eigenvalue weighted by molar-refractivity contribution is 7.99. The molecule has 1 aliphatic heterocycles. The van der Waals surface area contributed by atoms with Crippen molar-refractivity contribution in [3.05, 3.63) is 5.82 Å². The number of hydrogen-bond acceptors (Lipinski definition) is 5. The first kappa shape index (κ1) is 14.2. The lowest BCUT2D eigenvalue weighted by atomic mass is 10.0. The second-order valence-corrected chi connectivity index (χ2v) is 5.78. The van der Waals surface area contributed by atoms with E-state index in [2.05, 4.69) is 17.1 Å². The molecule has 2 heterocycles. The molecule has 0 spiro atoms. The minimum absolute atomic E-state index is 0.178. The minimum Gasteiger partial charge on any atom is -0.339 e. The van der Waals surface area contributed by atoms with E-state index in [1.165, 1.54) is 22.9 Å². The smallest absolute Gasteiger partial charge is 0.233 e. The van der Waals surface area contributed by atoms with Gasteiger partial charge in [0.25, 0.3) is 0 Å². The highest BCUT2D eigenvalue weighted by Gasteiger charge is 2.25. The van der Waals surface area contributed by atoms with E-state index in [9.17, 15) is 4.79 Å². The van der Waals surface area contributed by atoms with E-state index >= 15 is 0 Å². The lowest BCUT2D eigenvalue weighted by Crippen LogP contribution is -2.44. The van der Waals surface area contributed by atoms with Gasteiger partial charge in [0.2, 0.25) is 11.1 Å². The van der Waals surface area contributed by atoms with Gasteiger partial charge in [0.15, 0.2) is 0 Å². The molecule has 2 N–H and O–H groups in total. The summed E-state index contributed by atoms with van der Waals surface area (Å²) in [6.07, 6.45) is 4.49. The molecule has 7 heteroatoms. The summed E-state index contributed by atoms with van der Waals surface area (Å²) in [5, 5.41) is 8.43. The molecule has 19 heavy (non-hydrogen) atoms. The number of carbonyl (C=O) groups is 1. The number of carbonyl (C=O) groups excluding carboxylic acids is 1. The summed E-state index contributed by atoms with van der Waals surface area (Å²) in [5.74, 6) is 6.98. The van der Waals surface area contributed by atoms with Crippen molar-refractivity contribution in [1.82, 2.24) is 19.8 Å². The van der Waals surface area contributed by atoms with E-state index in [0.717, 1.165) is 25.8 Å². The van der Waals surface area contributed by atoms with E-state index in [1.807, 2.05) is 4.90 Å². The molecule has 0 aliphatic carbocycles. The van der Waals surface area contributed by atoms with Crippen molar-refractivity contribution in [2.75, 3.05) is 18.1 Å². The van der Waals surface area contributed by atoms with Crippen LogP contribution in [-0.4, -0.2) is 44.0 Å². The molecule has 1 aromatic heterocycles. The third kappa shape index (κ3) is 3.20. The van der Waals surface area contributed by atoms with Gasteiger partial charge in [0, 0.05) is 12.6 Å². The first-order chi connectivity index (χ1) is 9.13. The maximum atomic E-state index is 12.3. The maximum absolute atomic E-state index is 12.3. The van der Waals surface area contributed by atoms with Crippen molar-refractivity contribution in [2.24, 2.45) is 0 Å². The molecule has 1 fully saturated rings. The first-order valence-corrected chi connectivity index (χ1v) is 7.71. The number of likely N-dealkylation sites (tertiary alicyclic amines) is 1. The molecule has 1 atom stereocenters. The van der Waals surface area contributed by atoms with E-state index in [4.69, 9.17) is 5.84 Å². The summed E-state index contributed by atoms with van der Waals surface area (Å²) in [5.41, 5.74) is 0. The van der Waals surface area contributed by atoms with Crippen molar-refractivity contribution in [3.63, 3.8) is 0 Å². The summed E-state index contributed by atoms with van der Waals surface area (Å²) in [7, 11) is 0. The second kappa shape index (κ2) is 6.27. The monoisotopic (exact) mass is 283 g/mol. The highest BCUT2D eigenvalue weighted by Crippen LogP contribution is 2.22. The fraction of sp³-hybridized carbons (Fsp3) is 0.750. The zero-order valence-electron chi connectivity index (χ0n) is 11.5. The van der Waals surface area contributed by atoms with E-state index in [-0.39, 0.29) is 5.91 Å². The number of piperidine rings is 1. The average molecular weight is 283 g/mol. The zero-order valence-corrected chi connectivity index (χ0v) is 12.3. The lowest BCUT2D eigenvalue weighted by molar-refractivity contribution is -0.132. The van der Waals surface area contributed by atoms with Crippen LogP contribution in [0.2, 0.25) is 0 Å². The van der Waals surface area contributed by atoms with Gasteiger partial charge in [-0.25, -0.2) is 4.68 Å². The van der Waals surface area contributed by atoms with Gasteiger partial charge in [-0.05, 0) is 32.6 Å². The van der Waals surface area contributed by atoms with Crippen molar-refractivity contribution in [1.29, 1.82) is 0 Å². The molecule has 106 valence electrons. The van der Waals surface area contributed by atoms with Gasteiger partial charge in [-0.3, -0.25) is 4.79 Å². The van der Waals surface area contributed by atoms with Crippen LogP contribution in [0.15, 0.2) is 5.16 Å². The standard InChI is InChI=1S/C12H21N5OS/c1-3-10-6-4-5-7-16(10)11(18)8-19-12-15-14-9(2)17(12)13/h10H,3-8,13H2,1-2H3/t10-/m0/s1. The molecule has 6 nitrogen and oxygen atoms in total. The molecule has 1 saturated heterocycles. The Labute approximate surface area is 117 Å². The van der Waals surface area contributed by atoms with Gasteiger partial charge in [0.1, 0.15) is 5.82 Å². The number of nitrogens with two attached hydrogens (primary N) is 1. The predicted molar refractivity (Wildman–Crippen MR) is 75.3 cm³/mol. The van der Waals surface area contributed by atoms with Crippen molar-refractivity contribution >= 4 is 17.7 Å². The van der Waals surface area contributed by atoms with Crippen LogP contribution in [0.25, 0.3) is 0 Å².